The molecule has 0 aliphatic carbocycles. The Labute approximate surface area is 102 Å². The van der Waals surface area contributed by atoms with E-state index in [9.17, 15) is 20.1 Å². The van der Waals surface area contributed by atoms with Crippen LogP contribution < -0.4 is 5.32 Å². The predicted molar refractivity (Wildman–Crippen MR) is 55.0 cm³/mol. The largest absolute Gasteiger partial charge is 0.394 e. The van der Waals surface area contributed by atoms with Crippen molar-refractivity contribution in [3.8, 4) is 0 Å². The summed E-state index contributed by atoms with van der Waals surface area (Å²) in [4.78, 5) is 11.3. The Kier molecular flexibility index (Phi) is 5.41. The molecule has 1 fully saturated rings. The van der Waals surface area contributed by atoms with E-state index in [-0.39, 0.29) is 0 Å². The molecule has 18 heavy (non-hydrogen) atoms. The van der Waals surface area contributed by atoms with Gasteiger partial charge in [0.2, 0.25) is 0 Å². The Bertz CT molecular complexity index is 286. The maximum absolute atomic E-state index is 11.3. The van der Waals surface area contributed by atoms with Crippen LogP contribution in [0.5, 0.6) is 0 Å². The highest BCUT2D eigenvalue weighted by molar-refractivity contribution is 5.80. The first-order chi connectivity index (χ1) is 8.42. The molecule has 0 aromatic rings. The molecule has 1 rings (SSSR count). The predicted octanol–water partition coefficient (Wildman–Crippen LogP) is -4.74. The van der Waals surface area contributed by atoms with Crippen molar-refractivity contribution in [1.82, 2.24) is 5.32 Å². The zero-order valence-electron chi connectivity index (χ0n) is 9.38. The number of hydrogen-bond donors (Lipinski definition) is 7. The zero-order chi connectivity index (χ0) is 13.9. The molecule has 9 nitrogen and oxygen atoms in total. The van der Waals surface area contributed by atoms with E-state index in [2.05, 4.69) is 0 Å². The van der Waals surface area contributed by atoms with Crippen LogP contribution in [-0.2, 0) is 9.53 Å². The van der Waals surface area contributed by atoms with Crippen LogP contribution in [0.2, 0.25) is 0 Å². The van der Waals surface area contributed by atoms with E-state index < -0.39 is 55.9 Å². The van der Waals surface area contributed by atoms with E-state index in [4.69, 9.17) is 20.1 Å². The normalized spacial score (nSPS) is 38.2. The number of carbonyl (C=O) groups is 1. The summed E-state index contributed by atoms with van der Waals surface area (Å²) in [6.45, 7) is -1.44. The molecule has 1 aliphatic rings. The Morgan fingerprint density at radius 3 is 2.28 bits per heavy atom. The van der Waals surface area contributed by atoms with Crippen molar-refractivity contribution in [2.24, 2.45) is 0 Å². The average molecular weight is 267 g/mol. The van der Waals surface area contributed by atoms with Crippen LogP contribution in [0.15, 0.2) is 0 Å². The quantitative estimate of drug-likeness (QED) is 0.267. The van der Waals surface area contributed by atoms with Gasteiger partial charge in [-0.15, -0.1) is 0 Å². The molecule has 0 aromatic carbocycles. The first-order valence-electron chi connectivity index (χ1n) is 5.32. The van der Waals surface area contributed by atoms with Gasteiger partial charge in [-0.05, 0) is 0 Å². The minimum absolute atomic E-state index is 0.625. The van der Waals surface area contributed by atoms with Gasteiger partial charge in [0.25, 0.3) is 5.91 Å². The third-order valence-electron chi connectivity index (χ3n) is 2.65. The lowest BCUT2D eigenvalue weighted by molar-refractivity contribution is -0.236. The standard InChI is InChI=1S/C9H17NO8/c11-1-3(13)8(17)10-9-7(16)6(15)5(14)4(2-12)18-9/h3-7,9,11-16H,1-2H2,(H,10,17)/t3?,4-,5-,6+,7+,9-/m1/s1. The van der Waals surface area contributed by atoms with E-state index in [1.54, 1.807) is 0 Å². The molecular formula is C9H17NO8. The van der Waals surface area contributed by atoms with Crippen molar-refractivity contribution in [1.29, 1.82) is 0 Å². The highest BCUT2D eigenvalue weighted by Crippen LogP contribution is 2.19. The first-order valence-corrected chi connectivity index (χ1v) is 5.32. The molecule has 0 spiro atoms. The van der Waals surface area contributed by atoms with Crippen LogP contribution in [0.4, 0.5) is 0 Å². The number of hydrogen-bond acceptors (Lipinski definition) is 8. The highest BCUT2D eigenvalue weighted by atomic mass is 16.6. The summed E-state index contributed by atoms with van der Waals surface area (Å²) in [5.74, 6) is -1.01. The average Bonchev–Trinajstić information content (AvgIpc) is 2.38. The Balaban J connectivity index is 2.67. The summed E-state index contributed by atoms with van der Waals surface area (Å²) in [5, 5.41) is 56.9. The number of nitrogens with one attached hydrogen (secondary N) is 1. The molecule has 0 saturated carbocycles. The Hall–Kier alpha value is -0.810. The van der Waals surface area contributed by atoms with Gasteiger partial charge in [0, 0.05) is 0 Å². The summed E-state index contributed by atoms with van der Waals surface area (Å²) in [6.07, 6.45) is -9.03. The van der Waals surface area contributed by atoms with Crippen molar-refractivity contribution in [3.05, 3.63) is 0 Å². The fourth-order valence-electron chi connectivity index (χ4n) is 1.54. The van der Waals surface area contributed by atoms with Gasteiger partial charge in [-0.2, -0.15) is 0 Å². The smallest absolute Gasteiger partial charge is 0.253 e. The second-order valence-corrected chi connectivity index (χ2v) is 3.96. The van der Waals surface area contributed by atoms with Crippen molar-refractivity contribution < 1.29 is 40.2 Å². The second kappa shape index (κ2) is 6.38. The van der Waals surface area contributed by atoms with E-state index in [0.29, 0.717) is 0 Å². The van der Waals surface area contributed by atoms with Gasteiger partial charge in [-0.25, -0.2) is 0 Å². The number of aliphatic hydroxyl groups excluding tert-OH is 6. The van der Waals surface area contributed by atoms with Gasteiger partial charge in [-0.3, -0.25) is 4.79 Å². The molecule has 1 unspecified atom stereocenters. The maximum atomic E-state index is 11.3. The van der Waals surface area contributed by atoms with Gasteiger partial charge in [-0.1, -0.05) is 0 Å². The third kappa shape index (κ3) is 3.14. The van der Waals surface area contributed by atoms with Gasteiger partial charge >= 0.3 is 0 Å². The molecule has 7 N–H and O–H groups in total. The van der Waals surface area contributed by atoms with Crippen molar-refractivity contribution in [3.63, 3.8) is 0 Å². The molecule has 1 amide bonds. The zero-order valence-corrected chi connectivity index (χ0v) is 9.38. The highest BCUT2D eigenvalue weighted by Gasteiger charge is 2.44. The summed E-state index contributed by atoms with van der Waals surface area (Å²) in [7, 11) is 0. The van der Waals surface area contributed by atoms with Crippen LogP contribution in [-0.4, -0.2) is 86.5 Å². The van der Waals surface area contributed by atoms with Crippen molar-refractivity contribution in [2.75, 3.05) is 13.2 Å². The molecule has 106 valence electrons. The number of carbonyl (C=O) groups excluding carboxylic acids is 1. The molecule has 1 aliphatic heterocycles. The third-order valence-corrected chi connectivity index (χ3v) is 2.65. The summed E-state index contributed by atoms with van der Waals surface area (Å²) >= 11 is 0. The van der Waals surface area contributed by atoms with Crippen molar-refractivity contribution >= 4 is 5.91 Å². The molecule has 9 heteroatoms. The lowest BCUT2D eigenvalue weighted by Crippen LogP contribution is -2.64. The fraction of sp³-hybridized carbons (Fsp3) is 0.889. The molecular weight excluding hydrogens is 250 g/mol. The number of aliphatic hydroxyl groups is 6. The molecule has 1 heterocycles. The lowest BCUT2D eigenvalue weighted by Gasteiger charge is -2.40. The molecule has 0 radical (unpaired) electrons. The van der Waals surface area contributed by atoms with Crippen LogP contribution in [0.1, 0.15) is 0 Å². The minimum Gasteiger partial charge on any atom is -0.394 e. The topological polar surface area (TPSA) is 160 Å². The number of rotatable bonds is 4. The summed E-state index contributed by atoms with van der Waals surface area (Å²) < 4.78 is 4.96. The second-order valence-electron chi connectivity index (χ2n) is 3.96. The van der Waals surface area contributed by atoms with Crippen LogP contribution in [0, 0.1) is 0 Å². The lowest BCUT2D eigenvalue weighted by atomic mass is 9.98. The monoisotopic (exact) mass is 267 g/mol. The van der Waals surface area contributed by atoms with Crippen LogP contribution in [0.3, 0.4) is 0 Å². The summed E-state index contributed by atoms with van der Waals surface area (Å²) in [6, 6.07) is 0. The van der Waals surface area contributed by atoms with Crippen molar-refractivity contribution in [2.45, 2.75) is 36.7 Å². The van der Waals surface area contributed by atoms with Crippen LogP contribution in [0.25, 0.3) is 0 Å². The minimum atomic E-state index is -1.70. The van der Waals surface area contributed by atoms with Gasteiger partial charge in [0.1, 0.15) is 24.4 Å². The maximum Gasteiger partial charge on any atom is 0.253 e. The van der Waals surface area contributed by atoms with Gasteiger partial charge in [0.05, 0.1) is 13.2 Å². The molecule has 1 saturated heterocycles. The molecule has 0 bridgehead atoms. The molecule has 0 aromatic heterocycles. The number of amides is 1. The fourth-order valence-corrected chi connectivity index (χ4v) is 1.54. The summed E-state index contributed by atoms with van der Waals surface area (Å²) in [5.41, 5.74) is 0. The Morgan fingerprint density at radius 1 is 1.17 bits per heavy atom. The van der Waals surface area contributed by atoms with E-state index in [0.717, 1.165) is 0 Å². The SMILES string of the molecule is O=C(N[C@@H]1O[C@H](CO)[C@@H](O)[C@H](O)[C@@H]1O)C(O)CO. The first kappa shape index (κ1) is 15.2. The van der Waals surface area contributed by atoms with E-state index in [1.807, 2.05) is 5.32 Å². The van der Waals surface area contributed by atoms with Gasteiger partial charge in [0.15, 0.2) is 12.3 Å². The van der Waals surface area contributed by atoms with E-state index >= 15 is 0 Å². The number of ether oxygens (including phenoxy) is 1. The molecule has 6 atom stereocenters. The van der Waals surface area contributed by atoms with E-state index in [1.165, 1.54) is 0 Å². The Morgan fingerprint density at radius 2 is 1.78 bits per heavy atom. The van der Waals surface area contributed by atoms with Crippen LogP contribution >= 0.6 is 0 Å². The van der Waals surface area contributed by atoms with Gasteiger partial charge < -0.3 is 40.7 Å².